The number of anilines is 1. The number of aryl methyl sites for hydroxylation is 1. The van der Waals surface area contributed by atoms with Gasteiger partial charge in [-0.3, -0.25) is 9.78 Å². The van der Waals surface area contributed by atoms with Crippen molar-refractivity contribution in [1.82, 2.24) is 19.8 Å². The van der Waals surface area contributed by atoms with Crippen LogP contribution < -0.4 is 10.6 Å². The Labute approximate surface area is 214 Å². The summed E-state index contributed by atoms with van der Waals surface area (Å²) >= 11 is 5.74. The zero-order chi connectivity index (χ0) is 25.1. The van der Waals surface area contributed by atoms with E-state index >= 15 is 0 Å². The number of thiocarbonyl (C=S) groups is 1. The highest BCUT2D eigenvalue weighted by Gasteiger charge is 2.41. The number of nitrogens with zero attached hydrogens (tertiary/aromatic N) is 3. The fourth-order valence-electron chi connectivity index (χ4n) is 4.61. The Hall–Kier alpha value is -4.04. The summed E-state index contributed by atoms with van der Waals surface area (Å²) in [5.41, 5.74) is 4.27. The molecule has 0 spiro atoms. The minimum atomic E-state index is -0.307. The summed E-state index contributed by atoms with van der Waals surface area (Å²) < 4.78 is 16.0. The van der Waals surface area contributed by atoms with E-state index in [0.717, 1.165) is 22.6 Å². The molecule has 0 saturated carbocycles. The summed E-state index contributed by atoms with van der Waals surface area (Å²) in [5.74, 6) is -0.397. The van der Waals surface area contributed by atoms with Gasteiger partial charge in [-0.1, -0.05) is 30.3 Å². The topological polar surface area (TPSA) is 62.2 Å². The van der Waals surface area contributed by atoms with E-state index in [2.05, 4.69) is 15.6 Å². The Bertz CT molecular complexity index is 1390. The molecule has 2 aromatic carbocycles. The number of rotatable bonds is 7. The van der Waals surface area contributed by atoms with Crippen molar-refractivity contribution in [3.05, 3.63) is 114 Å². The van der Waals surface area contributed by atoms with Crippen molar-refractivity contribution >= 4 is 28.9 Å². The first-order chi connectivity index (χ1) is 17.5. The molecule has 1 aliphatic heterocycles. The van der Waals surface area contributed by atoms with Crippen molar-refractivity contribution in [2.24, 2.45) is 0 Å². The smallest absolute Gasteiger partial charge is 0.226 e. The number of benzene rings is 2. The molecule has 4 aromatic rings. The number of carbonyl (C=O) groups is 1. The van der Waals surface area contributed by atoms with E-state index in [4.69, 9.17) is 12.2 Å². The van der Waals surface area contributed by atoms with Gasteiger partial charge in [-0.05, 0) is 73.2 Å². The molecule has 8 heteroatoms. The monoisotopic (exact) mass is 499 g/mol. The van der Waals surface area contributed by atoms with Gasteiger partial charge in [-0.25, -0.2) is 4.39 Å². The zero-order valence-electron chi connectivity index (χ0n) is 19.8. The third-order valence-corrected chi connectivity index (χ3v) is 6.72. The van der Waals surface area contributed by atoms with Gasteiger partial charge in [0.1, 0.15) is 5.82 Å². The minimum Gasteiger partial charge on any atom is -0.352 e. The number of hydrogen-bond donors (Lipinski definition) is 2. The van der Waals surface area contributed by atoms with Crippen LogP contribution in [0.25, 0.3) is 5.69 Å². The highest BCUT2D eigenvalue weighted by Crippen LogP contribution is 2.39. The van der Waals surface area contributed by atoms with Gasteiger partial charge in [0.15, 0.2) is 5.11 Å². The van der Waals surface area contributed by atoms with Crippen LogP contribution in [0.4, 0.5) is 10.1 Å². The molecular weight excluding hydrogens is 473 g/mol. The van der Waals surface area contributed by atoms with E-state index in [0.29, 0.717) is 17.3 Å². The molecule has 3 heterocycles. The molecule has 1 aliphatic rings. The number of hydrogen-bond acceptors (Lipinski definition) is 3. The lowest BCUT2D eigenvalue weighted by Crippen LogP contribution is -2.33. The molecule has 2 atom stereocenters. The van der Waals surface area contributed by atoms with E-state index in [1.165, 1.54) is 12.1 Å². The first-order valence-electron chi connectivity index (χ1n) is 11.8. The van der Waals surface area contributed by atoms with E-state index in [9.17, 15) is 9.18 Å². The number of halogens is 1. The molecule has 0 radical (unpaired) electrons. The average molecular weight is 500 g/mol. The van der Waals surface area contributed by atoms with Crippen LogP contribution >= 0.6 is 12.2 Å². The predicted molar refractivity (Wildman–Crippen MR) is 142 cm³/mol. The standard InChI is InChI=1S/C28H26FN5OS/c1-19-8-2-3-11-22(19)31-25(35)14-17-34-27(26(32-28(34)36)23-12-4-5-15-30-23)24-13-7-16-33(24)21-10-6-9-20(29)18-21/h2-13,15-16,18,26-27H,14,17H2,1H3,(H,31,35)(H,32,36)/t26-,27-/m1/s1. The van der Waals surface area contributed by atoms with Crippen molar-refractivity contribution in [3.63, 3.8) is 0 Å². The zero-order valence-corrected chi connectivity index (χ0v) is 20.6. The maximum Gasteiger partial charge on any atom is 0.226 e. The number of nitrogens with one attached hydrogen (secondary N) is 2. The molecule has 1 amide bonds. The Morgan fingerprint density at radius 1 is 1.08 bits per heavy atom. The third kappa shape index (κ3) is 4.85. The van der Waals surface area contributed by atoms with E-state index in [1.807, 2.05) is 83.3 Å². The number of amides is 1. The molecule has 0 bridgehead atoms. The highest BCUT2D eigenvalue weighted by molar-refractivity contribution is 7.80. The molecule has 0 aliphatic carbocycles. The molecule has 0 unspecified atom stereocenters. The summed E-state index contributed by atoms with van der Waals surface area (Å²) in [4.78, 5) is 19.4. The van der Waals surface area contributed by atoms with Gasteiger partial charge >= 0.3 is 0 Å². The molecule has 6 nitrogen and oxygen atoms in total. The molecular formula is C28H26FN5OS. The number of aromatic nitrogens is 2. The van der Waals surface area contributed by atoms with Crippen LogP contribution in [0.5, 0.6) is 0 Å². The molecule has 1 saturated heterocycles. The van der Waals surface area contributed by atoms with Gasteiger partial charge in [0, 0.05) is 42.4 Å². The first-order valence-corrected chi connectivity index (χ1v) is 12.2. The lowest BCUT2D eigenvalue weighted by molar-refractivity contribution is -0.116. The Morgan fingerprint density at radius 3 is 2.69 bits per heavy atom. The minimum absolute atomic E-state index is 0.0901. The van der Waals surface area contributed by atoms with Crippen LogP contribution in [0, 0.1) is 12.7 Å². The Kier molecular flexibility index (Phi) is 6.77. The Morgan fingerprint density at radius 2 is 1.92 bits per heavy atom. The second-order valence-corrected chi connectivity index (χ2v) is 9.10. The van der Waals surface area contributed by atoms with Gasteiger partial charge in [0.25, 0.3) is 0 Å². The van der Waals surface area contributed by atoms with Crippen LogP contribution in [0.3, 0.4) is 0 Å². The largest absolute Gasteiger partial charge is 0.352 e. The van der Waals surface area contributed by atoms with Gasteiger partial charge in [-0.2, -0.15) is 0 Å². The fraction of sp³-hybridized carbons (Fsp3) is 0.179. The van der Waals surface area contributed by atoms with Gasteiger partial charge in [0.2, 0.25) is 5.91 Å². The highest BCUT2D eigenvalue weighted by atomic mass is 32.1. The van der Waals surface area contributed by atoms with Crippen molar-refractivity contribution < 1.29 is 9.18 Å². The fourth-order valence-corrected chi connectivity index (χ4v) is 4.94. The summed E-state index contributed by atoms with van der Waals surface area (Å²) in [5, 5.41) is 6.95. The number of para-hydroxylation sites is 1. The van der Waals surface area contributed by atoms with E-state index < -0.39 is 0 Å². The number of carbonyl (C=O) groups excluding carboxylic acids is 1. The SMILES string of the molecule is Cc1ccccc1NC(=O)CCN1C(=S)N[C@H](c2ccccn2)[C@H]1c1cccn1-c1cccc(F)c1. The van der Waals surface area contributed by atoms with Gasteiger partial charge in [0.05, 0.1) is 17.8 Å². The van der Waals surface area contributed by atoms with Gasteiger partial charge in [-0.15, -0.1) is 0 Å². The van der Waals surface area contributed by atoms with Crippen LogP contribution in [0.2, 0.25) is 0 Å². The van der Waals surface area contributed by atoms with Crippen molar-refractivity contribution in [3.8, 4) is 5.69 Å². The normalized spacial score (nSPS) is 17.2. The molecule has 1 fully saturated rings. The lowest BCUT2D eigenvalue weighted by atomic mass is 10.0. The van der Waals surface area contributed by atoms with Crippen LogP contribution in [-0.4, -0.2) is 32.0 Å². The molecule has 182 valence electrons. The molecule has 2 N–H and O–H groups in total. The maximum atomic E-state index is 14.1. The molecule has 36 heavy (non-hydrogen) atoms. The van der Waals surface area contributed by atoms with Crippen molar-refractivity contribution in [2.45, 2.75) is 25.4 Å². The van der Waals surface area contributed by atoms with Crippen molar-refractivity contribution in [1.29, 1.82) is 0 Å². The molecule has 2 aromatic heterocycles. The summed E-state index contributed by atoms with van der Waals surface area (Å²) in [7, 11) is 0. The number of pyridine rings is 1. The average Bonchev–Trinajstić information content (AvgIpc) is 3.49. The molecule has 5 rings (SSSR count). The predicted octanol–water partition coefficient (Wildman–Crippen LogP) is 5.32. The summed E-state index contributed by atoms with van der Waals surface area (Å²) in [6.07, 6.45) is 3.91. The van der Waals surface area contributed by atoms with Crippen LogP contribution in [-0.2, 0) is 4.79 Å². The second-order valence-electron chi connectivity index (χ2n) is 8.72. The third-order valence-electron chi connectivity index (χ3n) is 6.37. The van der Waals surface area contributed by atoms with E-state index in [1.54, 1.807) is 12.3 Å². The van der Waals surface area contributed by atoms with Crippen LogP contribution in [0.1, 0.15) is 35.5 Å². The van der Waals surface area contributed by atoms with Gasteiger partial charge < -0.3 is 20.1 Å². The van der Waals surface area contributed by atoms with Crippen molar-refractivity contribution in [2.75, 3.05) is 11.9 Å². The van der Waals surface area contributed by atoms with E-state index in [-0.39, 0.29) is 30.2 Å². The lowest BCUT2D eigenvalue weighted by Gasteiger charge is -2.29. The quantitative estimate of drug-likeness (QED) is 0.337. The second kappa shape index (κ2) is 10.3. The van der Waals surface area contributed by atoms with Crippen LogP contribution in [0.15, 0.2) is 91.3 Å². The Balaban J connectivity index is 1.45. The summed E-state index contributed by atoms with van der Waals surface area (Å²) in [6, 6.07) is 23.4. The first kappa shape index (κ1) is 23.7. The summed E-state index contributed by atoms with van der Waals surface area (Å²) in [6.45, 7) is 2.37. The maximum absolute atomic E-state index is 14.1.